The smallest absolute Gasteiger partial charge is 0.408 e. The third kappa shape index (κ3) is 4.85. The highest BCUT2D eigenvalue weighted by molar-refractivity contribution is 5.68. The van der Waals surface area contributed by atoms with E-state index in [9.17, 15) is 13.6 Å². The highest BCUT2D eigenvalue weighted by Crippen LogP contribution is 2.25. The highest BCUT2D eigenvalue weighted by Gasteiger charge is 2.42. The molecule has 4 nitrogen and oxygen atoms in total. The standard InChI is InChI=1S/C11H19F2NO3/c1-10(2,3)17-9(15)14-8-5-4-6-16-7-11(8,12)13/h8H,4-7H2,1-3H3,(H,14,15). The molecule has 1 amide bonds. The number of carbonyl (C=O) groups excluding carboxylic acids is 1. The van der Waals surface area contributed by atoms with Crippen LogP contribution in [-0.4, -0.2) is 36.9 Å². The minimum atomic E-state index is -3.05. The van der Waals surface area contributed by atoms with Crippen LogP contribution in [-0.2, 0) is 9.47 Å². The SMILES string of the molecule is CC(C)(C)OC(=O)NC1CCCOCC1(F)F. The summed E-state index contributed by atoms with van der Waals surface area (Å²) in [6, 6.07) is -1.22. The van der Waals surface area contributed by atoms with Gasteiger partial charge in [0.05, 0.1) is 6.04 Å². The van der Waals surface area contributed by atoms with Gasteiger partial charge in [-0.2, -0.15) is 0 Å². The fourth-order valence-electron chi connectivity index (χ4n) is 1.54. The molecular formula is C11H19F2NO3. The van der Waals surface area contributed by atoms with Crippen molar-refractivity contribution in [3.63, 3.8) is 0 Å². The van der Waals surface area contributed by atoms with E-state index in [-0.39, 0.29) is 6.42 Å². The van der Waals surface area contributed by atoms with Crippen molar-refractivity contribution < 1.29 is 23.0 Å². The topological polar surface area (TPSA) is 47.6 Å². The van der Waals surface area contributed by atoms with E-state index in [0.717, 1.165) is 0 Å². The molecule has 6 heteroatoms. The van der Waals surface area contributed by atoms with Gasteiger partial charge in [0.2, 0.25) is 0 Å². The third-order valence-corrected chi connectivity index (χ3v) is 2.28. The average molecular weight is 251 g/mol. The van der Waals surface area contributed by atoms with Crippen LogP contribution in [0.1, 0.15) is 33.6 Å². The molecule has 1 aliphatic heterocycles. The molecule has 1 atom stereocenters. The molecule has 1 unspecified atom stereocenters. The van der Waals surface area contributed by atoms with Gasteiger partial charge in [0.1, 0.15) is 12.2 Å². The molecule has 0 bridgehead atoms. The van der Waals surface area contributed by atoms with Crippen LogP contribution >= 0.6 is 0 Å². The van der Waals surface area contributed by atoms with E-state index in [2.05, 4.69) is 5.32 Å². The van der Waals surface area contributed by atoms with Gasteiger partial charge in [-0.25, -0.2) is 13.6 Å². The summed E-state index contributed by atoms with van der Waals surface area (Å²) in [7, 11) is 0. The quantitative estimate of drug-likeness (QED) is 0.778. The summed E-state index contributed by atoms with van der Waals surface area (Å²) in [6.45, 7) is 4.68. The fraction of sp³-hybridized carbons (Fsp3) is 0.909. The van der Waals surface area contributed by atoms with Gasteiger partial charge in [0.15, 0.2) is 0 Å². The van der Waals surface area contributed by atoms with Crippen LogP contribution in [0.2, 0.25) is 0 Å². The lowest BCUT2D eigenvalue weighted by molar-refractivity contribution is -0.0875. The van der Waals surface area contributed by atoms with Gasteiger partial charge < -0.3 is 14.8 Å². The van der Waals surface area contributed by atoms with Crippen molar-refractivity contribution >= 4 is 6.09 Å². The second kappa shape index (κ2) is 5.16. The van der Waals surface area contributed by atoms with Gasteiger partial charge in [-0.3, -0.25) is 0 Å². The average Bonchev–Trinajstić information content (AvgIpc) is 2.25. The zero-order valence-corrected chi connectivity index (χ0v) is 10.4. The number of hydrogen-bond donors (Lipinski definition) is 1. The van der Waals surface area contributed by atoms with Crippen LogP contribution < -0.4 is 5.32 Å². The van der Waals surface area contributed by atoms with Crippen LogP contribution in [0.5, 0.6) is 0 Å². The van der Waals surface area contributed by atoms with Gasteiger partial charge in [-0.05, 0) is 33.6 Å². The molecule has 100 valence electrons. The minimum absolute atomic E-state index is 0.187. The van der Waals surface area contributed by atoms with E-state index in [1.165, 1.54) is 0 Å². The molecule has 0 aromatic carbocycles. The summed E-state index contributed by atoms with van der Waals surface area (Å²) >= 11 is 0. The molecule has 0 aliphatic carbocycles. The van der Waals surface area contributed by atoms with Crippen molar-refractivity contribution in [1.29, 1.82) is 0 Å². The largest absolute Gasteiger partial charge is 0.444 e. The van der Waals surface area contributed by atoms with E-state index in [1.807, 2.05) is 0 Å². The van der Waals surface area contributed by atoms with Crippen molar-refractivity contribution in [2.75, 3.05) is 13.2 Å². The van der Waals surface area contributed by atoms with Gasteiger partial charge in [-0.1, -0.05) is 0 Å². The molecule has 1 fully saturated rings. The van der Waals surface area contributed by atoms with Crippen LogP contribution in [0.4, 0.5) is 13.6 Å². The number of carbonyl (C=O) groups is 1. The van der Waals surface area contributed by atoms with Gasteiger partial charge in [-0.15, -0.1) is 0 Å². The molecular weight excluding hydrogens is 232 g/mol. The van der Waals surface area contributed by atoms with Crippen LogP contribution in [0, 0.1) is 0 Å². The summed E-state index contributed by atoms with van der Waals surface area (Å²) in [5.74, 6) is -3.05. The Balaban J connectivity index is 2.56. The Labute approximate surface area is 99.7 Å². The van der Waals surface area contributed by atoms with E-state index < -0.39 is 30.3 Å². The first-order chi connectivity index (χ1) is 7.71. The first-order valence-electron chi connectivity index (χ1n) is 5.66. The Morgan fingerprint density at radius 3 is 2.71 bits per heavy atom. The molecule has 1 heterocycles. The molecule has 17 heavy (non-hydrogen) atoms. The second-order valence-electron chi connectivity index (χ2n) is 5.15. The van der Waals surface area contributed by atoms with Crippen molar-refractivity contribution in [3.8, 4) is 0 Å². The first kappa shape index (κ1) is 14.2. The molecule has 1 aliphatic rings. The lowest BCUT2D eigenvalue weighted by Crippen LogP contribution is -2.50. The molecule has 0 spiro atoms. The Morgan fingerprint density at radius 1 is 1.47 bits per heavy atom. The monoisotopic (exact) mass is 251 g/mol. The molecule has 0 aromatic heterocycles. The zero-order chi connectivity index (χ0) is 13.1. The number of ether oxygens (including phenoxy) is 2. The van der Waals surface area contributed by atoms with Crippen LogP contribution in [0.25, 0.3) is 0 Å². The third-order valence-electron chi connectivity index (χ3n) is 2.28. The van der Waals surface area contributed by atoms with E-state index in [4.69, 9.17) is 9.47 Å². The predicted octanol–water partition coefficient (Wildman–Crippen LogP) is 2.33. The van der Waals surface area contributed by atoms with Crippen molar-refractivity contribution in [1.82, 2.24) is 5.32 Å². The molecule has 1 rings (SSSR count). The van der Waals surface area contributed by atoms with E-state index in [0.29, 0.717) is 13.0 Å². The molecule has 0 radical (unpaired) electrons. The van der Waals surface area contributed by atoms with Crippen molar-refractivity contribution in [2.24, 2.45) is 0 Å². The molecule has 1 N–H and O–H groups in total. The molecule has 0 aromatic rings. The maximum absolute atomic E-state index is 13.5. The van der Waals surface area contributed by atoms with Crippen molar-refractivity contribution in [3.05, 3.63) is 0 Å². The number of rotatable bonds is 1. The minimum Gasteiger partial charge on any atom is -0.444 e. The zero-order valence-electron chi connectivity index (χ0n) is 10.4. The van der Waals surface area contributed by atoms with Gasteiger partial charge >= 0.3 is 6.09 Å². The number of hydrogen-bond acceptors (Lipinski definition) is 3. The fourth-order valence-corrected chi connectivity index (χ4v) is 1.54. The Kier molecular flexibility index (Phi) is 4.30. The summed E-state index contributed by atoms with van der Waals surface area (Å²) in [5.41, 5.74) is -0.694. The summed E-state index contributed by atoms with van der Waals surface area (Å²) in [4.78, 5) is 11.4. The lowest BCUT2D eigenvalue weighted by atomic mass is 10.1. The Bertz CT molecular complexity index is 276. The number of alkyl halides is 2. The number of amides is 1. The Morgan fingerprint density at radius 2 is 2.12 bits per heavy atom. The van der Waals surface area contributed by atoms with Gasteiger partial charge in [0.25, 0.3) is 5.92 Å². The molecule has 1 saturated heterocycles. The summed E-state index contributed by atoms with van der Waals surface area (Å²) in [6.07, 6.45) is -0.133. The maximum atomic E-state index is 13.5. The first-order valence-corrected chi connectivity index (χ1v) is 5.66. The molecule has 0 saturated carbocycles. The Hall–Kier alpha value is -0.910. The lowest BCUT2D eigenvalue weighted by Gasteiger charge is -2.27. The normalized spacial score (nSPS) is 24.9. The number of alkyl carbamates (subject to hydrolysis) is 1. The number of halogens is 2. The highest BCUT2D eigenvalue weighted by atomic mass is 19.3. The van der Waals surface area contributed by atoms with Gasteiger partial charge in [0, 0.05) is 6.61 Å². The van der Waals surface area contributed by atoms with Crippen molar-refractivity contribution in [2.45, 2.75) is 51.2 Å². The summed E-state index contributed by atoms with van der Waals surface area (Å²) in [5, 5.41) is 2.21. The van der Waals surface area contributed by atoms with Crippen LogP contribution in [0.3, 0.4) is 0 Å². The summed E-state index contributed by atoms with van der Waals surface area (Å²) < 4.78 is 36.8. The number of nitrogens with one attached hydrogen (secondary N) is 1. The second-order valence-corrected chi connectivity index (χ2v) is 5.15. The maximum Gasteiger partial charge on any atom is 0.408 e. The van der Waals surface area contributed by atoms with E-state index in [1.54, 1.807) is 20.8 Å². The van der Waals surface area contributed by atoms with E-state index >= 15 is 0 Å². The van der Waals surface area contributed by atoms with Crippen LogP contribution in [0.15, 0.2) is 0 Å². The predicted molar refractivity (Wildman–Crippen MR) is 58.2 cm³/mol.